The van der Waals surface area contributed by atoms with Gasteiger partial charge in [-0.05, 0) is 0 Å². The van der Waals surface area contributed by atoms with Gasteiger partial charge < -0.3 is 5.32 Å². The summed E-state index contributed by atoms with van der Waals surface area (Å²) in [5.74, 6) is 0.946. The van der Waals surface area contributed by atoms with Crippen molar-refractivity contribution in [3.05, 3.63) is 27.6 Å². The highest BCUT2D eigenvalue weighted by Gasteiger charge is 2.20. The molecule has 0 saturated carbocycles. The first-order valence-corrected chi connectivity index (χ1v) is 9.05. The second-order valence-corrected chi connectivity index (χ2v) is 7.25. The summed E-state index contributed by atoms with van der Waals surface area (Å²) in [6.07, 6.45) is 2.45. The molecule has 0 radical (unpaired) electrons. The number of aryl methyl sites for hydroxylation is 1. The van der Waals surface area contributed by atoms with E-state index in [0.29, 0.717) is 10.3 Å². The van der Waals surface area contributed by atoms with Crippen LogP contribution in [0.1, 0.15) is 5.69 Å². The van der Waals surface area contributed by atoms with Crippen molar-refractivity contribution in [2.45, 2.75) is 16.5 Å². The van der Waals surface area contributed by atoms with Gasteiger partial charge in [-0.2, -0.15) is 0 Å². The minimum atomic E-state index is -0.154. The number of nitrogens with zero attached hydrogens (tertiary/aromatic N) is 3. The number of thiazole rings is 1. The van der Waals surface area contributed by atoms with Crippen molar-refractivity contribution in [2.75, 3.05) is 16.8 Å². The van der Waals surface area contributed by atoms with Gasteiger partial charge in [-0.1, -0.05) is 11.8 Å². The summed E-state index contributed by atoms with van der Waals surface area (Å²) in [6.45, 7) is 0. The molecule has 6 nitrogen and oxygen atoms in total. The average Bonchev–Trinajstić information content (AvgIpc) is 3.12. The number of aromatic nitrogens is 3. The topological polar surface area (TPSA) is 76.9 Å². The van der Waals surface area contributed by atoms with Crippen molar-refractivity contribution in [1.82, 2.24) is 14.5 Å². The molecule has 1 aliphatic heterocycles. The SMILES string of the molecule is Cn1c(SCC(=O)Nc2nccs2)nc2c(c1=O)SCC2. The highest BCUT2D eigenvalue weighted by molar-refractivity contribution is 8.00. The molecule has 9 heteroatoms. The minimum absolute atomic E-state index is 0.0228. The molecule has 0 spiro atoms. The first kappa shape index (κ1) is 14.6. The van der Waals surface area contributed by atoms with Gasteiger partial charge in [0.05, 0.1) is 16.3 Å². The fourth-order valence-corrected chi connectivity index (χ4v) is 4.27. The molecule has 110 valence electrons. The van der Waals surface area contributed by atoms with Gasteiger partial charge in [0, 0.05) is 30.8 Å². The van der Waals surface area contributed by atoms with Crippen LogP contribution in [-0.4, -0.2) is 31.9 Å². The van der Waals surface area contributed by atoms with Crippen LogP contribution in [0.3, 0.4) is 0 Å². The van der Waals surface area contributed by atoms with Crippen LogP contribution in [0.4, 0.5) is 5.13 Å². The van der Waals surface area contributed by atoms with Crippen molar-refractivity contribution in [3.63, 3.8) is 0 Å². The third-order valence-electron chi connectivity index (χ3n) is 2.87. The van der Waals surface area contributed by atoms with Crippen LogP contribution < -0.4 is 10.9 Å². The summed E-state index contributed by atoms with van der Waals surface area (Å²) in [4.78, 5) is 33.2. The highest BCUT2D eigenvalue weighted by Crippen LogP contribution is 2.28. The van der Waals surface area contributed by atoms with Crippen LogP contribution in [0.5, 0.6) is 0 Å². The molecule has 1 amide bonds. The van der Waals surface area contributed by atoms with E-state index in [9.17, 15) is 9.59 Å². The lowest BCUT2D eigenvalue weighted by molar-refractivity contribution is -0.113. The number of anilines is 1. The van der Waals surface area contributed by atoms with E-state index in [-0.39, 0.29) is 17.2 Å². The van der Waals surface area contributed by atoms with E-state index in [4.69, 9.17) is 0 Å². The number of nitrogens with one attached hydrogen (secondary N) is 1. The van der Waals surface area contributed by atoms with Crippen LogP contribution in [-0.2, 0) is 18.3 Å². The van der Waals surface area contributed by atoms with Crippen molar-refractivity contribution < 1.29 is 4.79 Å². The molecule has 0 saturated heterocycles. The van der Waals surface area contributed by atoms with Gasteiger partial charge in [0.2, 0.25) is 5.91 Å². The van der Waals surface area contributed by atoms with E-state index in [1.165, 1.54) is 27.7 Å². The predicted molar refractivity (Wildman–Crippen MR) is 85.4 cm³/mol. The van der Waals surface area contributed by atoms with Gasteiger partial charge in [-0.15, -0.1) is 23.1 Å². The largest absolute Gasteiger partial charge is 0.301 e. The highest BCUT2D eigenvalue weighted by atomic mass is 32.2. The van der Waals surface area contributed by atoms with Gasteiger partial charge in [0.25, 0.3) is 5.56 Å². The average molecular weight is 340 g/mol. The molecule has 2 aromatic heterocycles. The molecule has 2 aromatic rings. The maximum Gasteiger partial charge on any atom is 0.267 e. The van der Waals surface area contributed by atoms with E-state index in [2.05, 4.69) is 15.3 Å². The lowest BCUT2D eigenvalue weighted by Gasteiger charge is -2.08. The van der Waals surface area contributed by atoms with Crippen LogP contribution in [0.2, 0.25) is 0 Å². The minimum Gasteiger partial charge on any atom is -0.301 e. The molecule has 0 bridgehead atoms. The van der Waals surface area contributed by atoms with E-state index in [0.717, 1.165) is 22.8 Å². The van der Waals surface area contributed by atoms with E-state index < -0.39 is 0 Å². The zero-order valence-corrected chi connectivity index (χ0v) is 13.6. The Hall–Kier alpha value is -1.32. The molecule has 21 heavy (non-hydrogen) atoms. The second kappa shape index (κ2) is 6.20. The van der Waals surface area contributed by atoms with E-state index >= 15 is 0 Å². The quantitative estimate of drug-likeness (QED) is 0.673. The second-order valence-electron chi connectivity index (χ2n) is 4.31. The molecule has 3 heterocycles. The standard InChI is InChI=1S/C12H12N4O2S3/c1-16-10(18)9-7(2-4-19-9)14-12(16)21-6-8(17)15-11-13-3-5-20-11/h3,5H,2,4,6H2,1H3,(H,13,15,17). The maximum atomic E-state index is 12.2. The maximum absolute atomic E-state index is 12.2. The monoisotopic (exact) mass is 340 g/mol. The van der Waals surface area contributed by atoms with Gasteiger partial charge in [0.1, 0.15) is 0 Å². The van der Waals surface area contributed by atoms with Crippen LogP contribution >= 0.6 is 34.9 Å². The Bertz CT molecular complexity index is 727. The van der Waals surface area contributed by atoms with Crippen LogP contribution in [0.15, 0.2) is 26.4 Å². The van der Waals surface area contributed by atoms with Gasteiger partial charge >= 0.3 is 0 Å². The molecule has 0 atom stereocenters. The lowest BCUT2D eigenvalue weighted by Crippen LogP contribution is -2.23. The molecular weight excluding hydrogens is 328 g/mol. The Balaban J connectivity index is 1.70. The van der Waals surface area contributed by atoms with E-state index in [1.54, 1.807) is 30.4 Å². The number of fused-ring (bicyclic) bond motifs is 1. The van der Waals surface area contributed by atoms with E-state index in [1.807, 2.05) is 0 Å². The summed E-state index contributed by atoms with van der Waals surface area (Å²) < 4.78 is 1.51. The Morgan fingerprint density at radius 2 is 2.43 bits per heavy atom. The predicted octanol–water partition coefficient (Wildman–Crippen LogP) is 1.62. The molecule has 1 N–H and O–H groups in total. The number of amides is 1. The number of thioether (sulfide) groups is 2. The third-order valence-corrected chi connectivity index (χ3v) is 5.70. The first-order chi connectivity index (χ1) is 10.1. The number of carbonyl (C=O) groups is 1. The zero-order chi connectivity index (χ0) is 14.8. The van der Waals surface area contributed by atoms with Crippen molar-refractivity contribution >= 4 is 45.9 Å². The first-order valence-electron chi connectivity index (χ1n) is 6.20. The summed E-state index contributed by atoms with van der Waals surface area (Å²) in [6, 6.07) is 0. The van der Waals surface area contributed by atoms with Crippen LogP contribution in [0, 0.1) is 0 Å². The molecule has 3 rings (SSSR count). The normalized spacial score (nSPS) is 13.2. The van der Waals surface area contributed by atoms with Gasteiger partial charge in [0.15, 0.2) is 10.3 Å². The lowest BCUT2D eigenvalue weighted by atomic mass is 10.3. The number of hydrogen-bond donors (Lipinski definition) is 1. The Kier molecular flexibility index (Phi) is 4.32. The molecular formula is C12H12N4O2S3. The van der Waals surface area contributed by atoms with Crippen molar-refractivity contribution in [2.24, 2.45) is 7.05 Å². The number of rotatable bonds is 4. The van der Waals surface area contributed by atoms with Crippen molar-refractivity contribution in [1.29, 1.82) is 0 Å². The smallest absolute Gasteiger partial charge is 0.267 e. The van der Waals surface area contributed by atoms with Gasteiger partial charge in [-0.3, -0.25) is 14.2 Å². The molecule has 0 aromatic carbocycles. The zero-order valence-electron chi connectivity index (χ0n) is 11.2. The molecule has 0 unspecified atom stereocenters. The Morgan fingerprint density at radius 1 is 1.57 bits per heavy atom. The number of carbonyl (C=O) groups excluding carboxylic acids is 1. The van der Waals surface area contributed by atoms with Crippen molar-refractivity contribution in [3.8, 4) is 0 Å². The van der Waals surface area contributed by atoms with Gasteiger partial charge in [-0.25, -0.2) is 9.97 Å². The Morgan fingerprint density at radius 3 is 3.19 bits per heavy atom. The molecule has 0 fully saturated rings. The summed E-state index contributed by atoms with van der Waals surface area (Å²) in [5.41, 5.74) is 0.830. The molecule has 1 aliphatic rings. The molecule has 0 aliphatic carbocycles. The fourth-order valence-electron chi connectivity index (χ4n) is 1.87. The summed E-state index contributed by atoms with van der Waals surface area (Å²) in [7, 11) is 1.69. The summed E-state index contributed by atoms with van der Waals surface area (Å²) >= 11 is 4.19. The van der Waals surface area contributed by atoms with Crippen LogP contribution in [0.25, 0.3) is 0 Å². The number of hydrogen-bond acceptors (Lipinski definition) is 7. The third kappa shape index (κ3) is 3.14. The Labute approximate surface area is 133 Å². The summed E-state index contributed by atoms with van der Waals surface area (Å²) in [5, 5.41) is 5.66. The fraction of sp³-hybridized carbons (Fsp3) is 0.333.